The summed E-state index contributed by atoms with van der Waals surface area (Å²) in [5, 5.41) is 1.25. The Bertz CT molecular complexity index is 568. The highest BCUT2D eigenvalue weighted by atomic mass is 32.2. The number of rotatable bonds is 6. The fourth-order valence-electron chi connectivity index (χ4n) is 1.30. The van der Waals surface area contributed by atoms with Gasteiger partial charge >= 0.3 is 0 Å². The van der Waals surface area contributed by atoms with Gasteiger partial charge in [-0.1, -0.05) is 23.5 Å². The van der Waals surface area contributed by atoms with Gasteiger partial charge in [0.2, 0.25) is 0 Å². The molecule has 0 saturated carbocycles. The van der Waals surface area contributed by atoms with Crippen LogP contribution in [-0.4, -0.2) is 31.4 Å². The normalized spacial score (nSPS) is 10.7. The minimum atomic E-state index is 0.313. The van der Waals surface area contributed by atoms with Crippen LogP contribution < -0.4 is 22.9 Å². The highest BCUT2D eigenvalue weighted by Gasteiger charge is 2.04. The zero-order valence-electron chi connectivity index (χ0n) is 11.2. The molecule has 0 aromatic carbocycles. The summed E-state index contributed by atoms with van der Waals surface area (Å²) in [5.41, 5.74) is 23.1. The van der Waals surface area contributed by atoms with E-state index in [0.29, 0.717) is 33.3 Å². The van der Waals surface area contributed by atoms with Crippen molar-refractivity contribution in [2.75, 3.05) is 34.4 Å². The summed E-state index contributed by atoms with van der Waals surface area (Å²) in [6, 6.07) is 0. The fourth-order valence-corrected chi connectivity index (χ4v) is 3.01. The van der Waals surface area contributed by atoms with Gasteiger partial charge < -0.3 is 22.9 Å². The molecule has 2 aromatic heterocycles. The lowest BCUT2D eigenvalue weighted by atomic mass is 10.5. The number of nitrogen functional groups attached to an aromatic ring is 4. The molecule has 8 N–H and O–H groups in total. The van der Waals surface area contributed by atoms with Gasteiger partial charge in [0.25, 0.3) is 0 Å². The molecule has 0 aliphatic heterocycles. The van der Waals surface area contributed by atoms with Crippen molar-refractivity contribution < 1.29 is 0 Å². The molecule has 2 heterocycles. The van der Waals surface area contributed by atoms with Gasteiger partial charge in [0.05, 0.1) is 23.8 Å². The third-order valence-electron chi connectivity index (χ3n) is 2.40. The van der Waals surface area contributed by atoms with Crippen molar-refractivity contribution in [2.24, 2.45) is 0 Å². The first kappa shape index (κ1) is 15.4. The Morgan fingerprint density at radius 2 is 1.19 bits per heavy atom. The topological polar surface area (TPSA) is 156 Å². The summed E-state index contributed by atoms with van der Waals surface area (Å²) >= 11 is 3.05. The van der Waals surface area contributed by atoms with E-state index in [9.17, 15) is 0 Å². The lowest BCUT2D eigenvalue weighted by Crippen LogP contribution is -2.01. The minimum absolute atomic E-state index is 0.313. The van der Waals surface area contributed by atoms with E-state index in [2.05, 4.69) is 19.9 Å². The van der Waals surface area contributed by atoms with E-state index in [-0.39, 0.29) is 0 Å². The summed E-state index contributed by atoms with van der Waals surface area (Å²) in [5.74, 6) is 2.35. The lowest BCUT2D eigenvalue weighted by Gasteiger charge is -2.04. The maximum Gasteiger partial charge on any atom is 0.189 e. The van der Waals surface area contributed by atoms with Crippen molar-refractivity contribution in [3.05, 3.63) is 12.4 Å². The Labute approximate surface area is 130 Å². The second-order valence-electron chi connectivity index (χ2n) is 4.04. The molecule has 0 aliphatic rings. The van der Waals surface area contributed by atoms with Crippen LogP contribution in [0.3, 0.4) is 0 Å². The van der Waals surface area contributed by atoms with Crippen molar-refractivity contribution in [1.82, 2.24) is 19.9 Å². The van der Waals surface area contributed by atoms with Crippen LogP contribution in [0, 0.1) is 0 Å². The third-order valence-corrected chi connectivity index (χ3v) is 4.30. The Morgan fingerprint density at radius 1 is 0.762 bits per heavy atom. The molecule has 0 spiro atoms. The van der Waals surface area contributed by atoms with E-state index in [1.54, 1.807) is 0 Å². The molecule has 0 bridgehead atoms. The quantitative estimate of drug-likeness (QED) is 0.341. The molecule has 0 aliphatic carbocycles. The SMILES string of the molecule is Nc1cnc(SCCCSc2ncc(N)c(N)n2)nc1N. The number of hydrogen-bond donors (Lipinski definition) is 4. The van der Waals surface area contributed by atoms with E-state index >= 15 is 0 Å². The molecular weight excluding hydrogens is 308 g/mol. The Balaban J connectivity index is 1.72. The molecule has 21 heavy (non-hydrogen) atoms. The van der Waals surface area contributed by atoms with Crippen molar-refractivity contribution in [3.8, 4) is 0 Å². The van der Waals surface area contributed by atoms with Crippen molar-refractivity contribution in [2.45, 2.75) is 16.7 Å². The van der Waals surface area contributed by atoms with Crippen LogP contribution in [0.5, 0.6) is 0 Å². The van der Waals surface area contributed by atoms with Gasteiger partial charge in [0, 0.05) is 11.5 Å². The molecule has 0 saturated heterocycles. The zero-order valence-corrected chi connectivity index (χ0v) is 12.8. The van der Waals surface area contributed by atoms with Crippen molar-refractivity contribution >= 4 is 46.5 Å². The third kappa shape index (κ3) is 4.53. The van der Waals surface area contributed by atoms with Gasteiger partial charge in [-0.3, -0.25) is 0 Å². The maximum absolute atomic E-state index is 5.62. The van der Waals surface area contributed by atoms with Gasteiger partial charge in [-0.05, 0) is 6.42 Å². The monoisotopic (exact) mass is 324 g/mol. The van der Waals surface area contributed by atoms with Crippen molar-refractivity contribution in [1.29, 1.82) is 0 Å². The molecule has 8 nitrogen and oxygen atoms in total. The maximum atomic E-state index is 5.62. The van der Waals surface area contributed by atoms with E-state index in [1.165, 1.54) is 35.9 Å². The number of thioether (sulfide) groups is 2. The van der Waals surface area contributed by atoms with Gasteiger partial charge in [-0.25, -0.2) is 19.9 Å². The summed E-state index contributed by atoms with van der Waals surface area (Å²) in [6.07, 6.45) is 3.98. The van der Waals surface area contributed by atoms with Crippen LogP contribution >= 0.6 is 23.5 Å². The summed E-state index contributed by atoms with van der Waals surface area (Å²) in [7, 11) is 0. The Hall–Kier alpha value is -1.94. The molecule has 2 rings (SSSR count). The first-order valence-corrected chi connectivity index (χ1v) is 8.05. The van der Waals surface area contributed by atoms with E-state index in [1.807, 2.05) is 0 Å². The molecule has 10 heteroatoms. The molecule has 0 atom stereocenters. The van der Waals surface area contributed by atoms with Crippen LogP contribution in [0.15, 0.2) is 22.7 Å². The minimum Gasteiger partial charge on any atom is -0.394 e. The van der Waals surface area contributed by atoms with Crippen LogP contribution in [0.1, 0.15) is 6.42 Å². The largest absolute Gasteiger partial charge is 0.394 e. The van der Waals surface area contributed by atoms with E-state index < -0.39 is 0 Å². The second-order valence-corrected chi connectivity index (χ2v) is 6.16. The Kier molecular flexibility index (Phi) is 5.28. The lowest BCUT2D eigenvalue weighted by molar-refractivity contribution is 0.966. The molecule has 0 radical (unpaired) electrons. The molecule has 0 fully saturated rings. The average Bonchev–Trinajstić information content (AvgIpc) is 2.46. The highest BCUT2D eigenvalue weighted by molar-refractivity contribution is 8.00. The fraction of sp³-hybridized carbons (Fsp3) is 0.273. The summed E-state index contributed by atoms with van der Waals surface area (Å²) < 4.78 is 0. The number of aromatic nitrogens is 4. The van der Waals surface area contributed by atoms with Crippen LogP contribution in [-0.2, 0) is 0 Å². The van der Waals surface area contributed by atoms with Gasteiger partial charge in [0.15, 0.2) is 21.9 Å². The summed E-state index contributed by atoms with van der Waals surface area (Å²) in [4.78, 5) is 16.4. The zero-order chi connectivity index (χ0) is 15.2. The highest BCUT2D eigenvalue weighted by Crippen LogP contribution is 2.21. The first-order valence-electron chi connectivity index (χ1n) is 6.08. The van der Waals surface area contributed by atoms with E-state index in [0.717, 1.165) is 17.9 Å². The average molecular weight is 324 g/mol. The van der Waals surface area contributed by atoms with Crippen LogP contribution in [0.2, 0.25) is 0 Å². The molecule has 0 unspecified atom stereocenters. The number of hydrogen-bond acceptors (Lipinski definition) is 10. The predicted molar refractivity (Wildman–Crippen MR) is 87.8 cm³/mol. The smallest absolute Gasteiger partial charge is 0.189 e. The summed E-state index contributed by atoms with van der Waals surface area (Å²) in [6.45, 7) is 0. The standard InChI is InChI=1S/C11H16N8S2/c12-6-4-16-10(18-8(6)14)20-2-1-3-21-11-17-5-7(13)9(15)19-11/h4-5H,1-3,12-13H2,(H2,14,16,18)(H2,15,17,19). The van der Waals surface area contributed by atoms with Gasteiger partial charge in [-0.2, -0.15) is 0 Å². The van der Waals surface area contributed by atoms with Gasteiger partial charge in [0.1, 0.15) is 0 Å². The molecule has 112 valence electrons. The predicted octanol–water partition coefficient (Wildman–Crippen LogP) is 0.870. The van der Waals surface area contributed by atoms with Crippen molar-refractivity contribution in [3.63, 3.8) is 0 Å². The number of nitrogens with zero attached hydrogens (tertiary/aromatic N) is 4. The van der Waals surface area contributed by atoms with Crippen LogP contribution in [0.25, 0.3) is 0 Å². The number of nitrogens with two attached hydrogens (primary N) is 4. The van der Waals surface area contributed by atoms with Crippen LogP contribution in [0.4, 0.5) is 23.0 Å². The molecule has 2 aromatic rings. The van der Waals surface area contributed by atoms with E-state index in [4.69, 9.17) is 22.9 Å². The molecule has 0 amide bonds. The Morgan fingerprint density at radius 3 is 1.57 bits per heavy atom. The second kappa shape index (κ2) is 7.18. The van der Waals surface area contributed by atoms with Gasteiger partial charge in [-0.15, -0.1) is 0 Å². The first-order chi connectivity index (χ1) is 10.1. The number of anilines is 4. The molecular formula is C11H16N8S2.